The summed E-state index contributed by atoms with van der Waals surface area (Å²) in [4.78, 5) is 13.5. The Bertz CT molecular complexity index is 373. The third kappa shape index (κ3) is 3.27. The number of amides is 1. The average Bonchev–Trinajstić information content (AvgIpc) is 2.16. The first-order valence-electron chi connectivity index (χ1n) is 4.77. The SMILES string of the molecule is CC(Cl)CN(C)C(=O)c1c(Cl)cccc1Cl. The molecule has 0 aliphatic carbocycles. The molecular weight excluding hydrogens is 268 g/mol. The fourth-order valence-corrected chi connectivity index (χ4v) is 2.12. The van der Waals surface area contributed by atoms with E-state index in [1.54, 1.807) is 25.2 Å². The zero-order chi connectivity index (χ0) is 12.3. The van der Waals surface area contributed by atoms with Crippen molar-refractivity contribution in [2.24, 2.45) is 0 Å². The topological polar surface area (TPSA) is 20.3 Å². The monoisotopic (exact) mass is 279 g/mol. The predicted molar refractivity (Wildman–Crippen MR) is 68.7 cm³/mol. The zero-order valence-electron chi connectivity index (χ0n) is 9.01. The second-order valence-electron chi connectivity index (χ2n) is 3.56. The Balaban J connectivity index is 2.96. The van der Waals surface area contributed by atoms with Crippen LogP contribution in [-0.2, 0) is 0 Å². The van der Waals surface area contributed by atoms with Gasteiger partial charge in [-0.25, -0.2) is 0 Å². The first-order chi connectivity index (χ1) is 7.43. The van der Waals surface area contributed by atoms with Crippen LogP contribution in [0.25, 0.3) is 0 Å². The maximum Gasteiger partial charge on any atom is 0.256 e. The number of carbonyl (C=O) groups excluding carboxylic acids is 1. The number of halogens is 3. The molecule has 0 aliphatic heterocycles. The summed E-state index contributed by atoms with van der Waals surface area (Å²) in [5, 5.41) is 0.591. The number of rotatable bonds is 3. The molecule has 5 heteroatoms. The molecule has 0 heterocycles. The Labute approximate surface area is 110 Å². The van der Waals surface area contributed by atoms with Gasteiger partial charge in [-0.1, -0.05) is 29.3 Å². The van der Waals surface area contributed by atoms with Gasteiger partial charge < -0.3 is 4.90 Å². The molecule has 1 amide bonds. The van der Waals surface area contributed by atoms with Gasteiger partial charge >= 0.3 is 0 Å². The van der Waals surface area contributed by atoms with Crippen molar-refractivity contribution in [2.45, 2.75) is 12.3 Å². The van der Waals surface area contributed by atoms with E-state index in [4.69, 9.17) is 34.8 Å². The lowest BCUT2D eigenvalue weighted by molar-refractivity contribution is 0.0796. The lowest BCUT2D eigenvalue weighted by Gasteiger charge is -2.19. The summed E-state index contributed by atoms with van der Waals surface area (Å²) in [6.45, 7) is 2.27. The van der Waals surface area contributed by atoms with Gasteiger partial charge in [-0.3, -0.25) is 4.79 Å². The number of carbonyl (C=O) groups is 1. The maximum atomic E-state index is 12.0. The first kappa shape index (κ1) is 13.6. The van der Waals surface area contributed by atoms with Crippen LogP contribution in [0, 0.1) is 0 Å². The summed E-state index contributed by atoms with van der Waals surface area (Å²) in [6, 6.07) is 4.98. The van der Waals surface area contributed by atoms with Gasteiger partial charge in [0.15, 0.2) is 0 Å². The van der Waals surface area contributed by atoms with Crippen LogP contribution in [0.1, 0.15) is 17.3 Å². The third-order valence-corrected chi connectivity index (χ3v) is 2.82. The highest BCUT2D eigenvalue weighted by Gasteiger charge is 2.19. The van der Waals surface area contributed by atoms with Gasteiger partial charge in [-0.2, -0.15) is 0 Å². The Morgan fingerprint density at radius 3 is 2.31 bits per heavy atom. The normalized spacial score (nSPS) is 12.3. The Morgan fingerprint density at radius 2 is 1.88 bits per heavy atom. The smallest absolute Gasteiger partial charge is 0.256 e. The van der Waals surface area contributed by atoms with Gasteiger partial charge in [0.05, 0.1) is 15.6 Å². The standard InChI is InChI=1S/C11H12Cl3NO/c1-7(12)6-15(2)11(16)10-8(13)4-3-5-9(10)14/h3-5,7H,6H2,1-2H3. The van der Waals surface area contributed by atoms with Crippen molar-refractivity contribution in [3.63, 3.8) is 0 Å². The number of nitrogens with zero attached hydrogens (tertiary/aromatic N) is 1. The number of benzene rings is 1. The van der Waals surface area contributed by atoms with E-state index in [1.807, 2.05) is 6.92 Å². The van der Waals surface area contributed by atoms with E-state index in [2.05, 4.69) is 0 Å². The van der Waals surface area contributed by atoms with E-state index >= 15 is 0 Å². The molecule has 1 unspecified atom stereocenters. The van der Waals surface area contributed by atoms with Gasteiger partial charge in [0.1, 0.15) is 0 Å². The Hall–Kier alpha value is -0.440. The first-order valence-corrected chi connectivity index (χ1v) is 5.96. The van der Waals surface area contributed by atoms with Gasteiger partial charge in [0.25, 0.3) is 5.91 Å². The van der Waals surface area contributed by atoms with Crippen LogP contribution in [0.2, 0.25) is 10.0 Å². The lowest BCUT2D eigenvalue weighted by Crippen LogP contribution is -2.31. The van der Waals surface area contributed by atoms with Crippen LogP contribution in [0.3, 0.4) is 0 Å². The molecular formula is C11H12Cl3NO. The minimum Gasteiger partial charge on any atom is -0.340 e. The van der Waals surface area contributed by atoms with Crippen LogP contribution < -0.4 is 0 Å². The Kier molecular flexibility index (Phi) is 4.90. The number of hydrogen-bond donors (Lipinski definition) is 0. The van der Waals surface area contributed by atoms with E-state index in [1.165, 1.54) is 4.90 Å². The maximum absolute atomic E-state index is 12.0. The van der Waals surface area contributed by atoms with E-state index in [0.717, 1.165) is 0 Å². The van der Waals surface area contributed by atoms with Crippen LogP contribution >= 0.6 is 34.8 Å². The Morgan fingerprint density at radius 1 is 1.38 bits per heavy atom. The van der Waals surface area contributed by atoms with Crippen molar-refractivity contribution < 1.29 is 4.79 Å². The molecule has 16 heavy (non-hydrogen) atoms. The summed E-state index contributed by atoms with van der Waals surface area (Å²) >= 11 is 17.7. The molecule has 1 aromatic carbocycles. The second-order valence-corrected chi connectivity index (χ2v) is 5.12. The summed E-state index contributed by atoms with van der Waals surface area (Å²) in [6.07, 6.45) is 0. The van der Waals surface area contributed by atoms with Crippen LogP contribution in [0.5, 0.6) is 0 Å². The highest BCUT2D eigenvalue weighted by molar-refractivity contribution is 6.39. The van der Waals surface area contributed by atoms with Crippen LogP contribution in [0.4, 0.5) is 0 Å². The fourth-order valence-electron chi connectivity index (χ4n) is 1.35. The van der Waals surface area contributed by atoms with E-state index in [9.17, 15) is 4.79 Å². The minimum absolute atomic E-state index is 0.116. The highest BCUT2D eigenvalue weighted by Crippen LogP contribution is 2.25. The van der Waals surface area contributed by atoms with Crippen molar-refractivity contribution in [3.05, 3.63) is 33.8 Å². The van der Waals surface area contributed by atoms with Gasteiger partial charge in [-0.15, -0.1) is 11.6 Å². The fraction of sp³-hybridized carbons (Fsp3) is 0.364. The predicted octanol–water partition coefficient (Wildman–Crippen LogP) is 3.69. The largest absolute Gasteiger partial charge is 0.340 e. The van der Waals surface area contributed by atoms with Crippen molar-refractivity contribution in [1.82, 2.24) is 4.90 Å². The summed E-state index contributed by atoms with van der Waals surface area (Å²) < 4.78 is 0. The lowest BCUT2D eigenvalue weighted by atomic mass is 10.2. The molecule has 0 spiro atoms. The summed E-state index contributed by atoms with van der Waals surface area (Å²) in [5.41, 5.74) is 0.325. The summed E-state index contributed by atoms with van der Waals surface area (Å²) in [5.74, 6) is -0.219. The van der Waals surface area contributed by atoms with Crippen molar-refractivity contribution >= 4 is 40.7 Å². The number of hydrogen-bond acceptors (Lipinski definition) is 1. The average molecular weight is 281 g/mol. The molecule has 0 saturated carbocycles. The molecule has 1 atom stereocenters. The molecule has 1 rings (SSSR count). The highest BCUT2D eigenvalue weighted by atomic mass is 35.5. The zero-order valence-corrected chi connectivity index (χ0v) is 11.3. The molecule has 1 aromatic rings. The summed E-state index contributed by atoms with van der Waals surface area (Å²) in [7, 11) is 1.67. The van der Waals surface area contributed by atoms with Gasteiger partial charge in [0.2, 0.25) is 0 Å². The quantitative estimate of drug-likeness (QED) is 0.773. The molecule has 0 aliphatic rings. The molecule has 0 aromatic heterocycles. The minimum atomic E-state index is -0.219. The molecule has 0 N–H and O–H groups in total. The van der Waals surface area contributed by atoms with Gasteiger partial charge in [-0.05, 0) is 19.1 Å². The molecule has 0 fully saturated rings. The molecule has 88 valence electrons. The third-order valence-electron chi connectivity index (χ3n) is 2.05. The second kappa shape index (κ2) is 5.76. The van der Waals surface area contributed by atoms with Gasteiger partial charge in [0, 0.05) is 19.0 Å². The van der Waals surface area contributed by atoms with E-state index in [-0.39, 0.29) is 11.3 Å². The van der Waals surface area contributed by atoms with Crippen molar-refractivity contribution in [3.8, 4) is 0 Å². The van der Waals surface area contributed by atoms with Crippen molar-refractivity contribution in [1.29, 1.82) is 0 Å². The molecule has 0 bridgehead atoms. The van der Waals surface area contributed by atoms with E-state index in [0.29, 0.717) is 22.2 Å². The van der Waals surface area contributed by atoms with Crippen molar-refractivity contribution in [2.75, 3.05) is 13.6 Å². The molecule has 0 radical (unpaired) electrons. The van der Waals surface area contributed by atoms with E-state index < -0.39 is 0 Å². The van der Waals surface area contributed by atoms with Crippen LogP contribution in [0.15, 0.2) is 18.2 Å². The molecule has 0 saturated heterocycles. The van der Waals surface area contributed by atoms with Crippen LogP contribution in [-0.4, -0.2) is 29.8 Å². The molecule has 2 nitrogen and oxygen atoms in total. The number of alkyl halides is 1.